The molecule has 0 aliphatic carbocycles. The Kier molecular flexibility index (Phi) is 4.86. The van der Waals surface area contributed by atoms with E-state index < -0.39 is 0 Å². The molecule has 1 fully saturated rings. The fraction of sp³-hybridized carbons (Fsp3) is 0.238. The normalized spacial score (nSPS) is 19.7. The van der Waals surface area contributed by atoms with Gasteiger partial charge >= 0.3 is 0 Å². The Hall–Kier alpha value is -2.42. The van der Waals surface area contributed by atoms with Crippen LogP contribution in [0.15, 0.2) is 59.1 Å². The average Bonchev–Trinajstić information content (AvgIpc) is 2.69. The van der Waals surface area contributed by atoms with Crippen molar-refractivity contribution >= 4 is 35.0 Å². The third-order valence-corrected chi connectivity index (χ3v) is 6.47. The second kappa shape index (κ2) is 7.30. The van der Waals surface area contributed by atoms with E-state index in [0.29, 0.717) is 23.1 Å². The Morgan fingerprint density at radius 3 is 2.63 bits per heavy atom. The van der Waals surface area contributed by atoms with Crippen LogP contribution in [-0.2, 0) is 4.79 Å². The Morgan fingerprint density at radius 1 is 1.19 bits per heavy atom. The number of amides is 1. The summed E-state index contributed by atoms with van der Waals surface area (Å²) in [6.07, 6.45) is 0.262. The summed E-state index contributed by atoms with van der Waals surface area (Å²) in [6.45, 7) is 2.52. The van der Waals surface area contributed by atoms with Crippen LogP contribution in [0.2, 0.25) is 5.02 Å². The van der Waals surface area contributed by atoms with Gasteiger partial charge in [0.05, 0.1) is 29.2 Å². The first kappa shape index (κ1) is 18.0. The number of aryl methyl sites for hydroxylation is 1. The lowest BCUT2D eigenvalue weighted by atomic mass is 9.86. The fourth-order valence-electron chi connectivity index (χ4n) is 3.50. The van der Waals surface area contributed by atoms with Crippen LogP contribution in [0, 0.1) is 18.3 Å². The highest BCUT2D eigenvalue weighted by Gasteiger charge is 2.38. The lowest BCUT2D eigenvalue weighted by Crippen LogP contribution is -2.47. The van der Waals surface area contributed by atoms with Gasteiger partial charge in [0.2, 0.25) is 5.91 Å². The molecular formula is C21H18ClN3OS. The van der Waals surface area contributed by atoms with Crippen molar-refractivity contribution in [3.63, 3.8) is 0 Å². The van der Waals surface area contributed by atoms with E-state index in [2.05, 4.69) is 42.2 Å². The number of nitrogens with zero attached hydrogens (tertiary/aromatic N) is 3. The van der Waals surface area contributed by atoms with E-state index in [4.69, 9.17) is 11.6 Å². The van der Waals surface area contributed by atoms with E-state index in [0.717, 1.165) is 16.3 Å². The summed E-state index contributed by atoms with van der Waals surface area (Å²) in [5.74, 6) is 0.446. The van der Waals surface area contributed by atoms with Crippen LogP contribution in [0.4, 0.5) is 5.69 Å². The van der Waals surface area contributed by atoms with Crippen molar-refractivity contribution in [3.8, 4) is 6.07 Å². The molecule has 136 valence electrons. The number of carbonyl (C=O) groups is 1. The van der Waals surface area contributed by atoms with Crippen molar-refractivity contribution in [2.75, 3.05) is 17.4 Å². The van der Waals surface area contributed by atoms with Crippen LogP contribution in [0.25, 0.3) is 0 Å². The Bertz CT molecular complexity index is 964. The van der Waals surface area contributed by atoms with Crippen LogP contribution < -0.4 is 4.90 Å². The second-order valence-electron chi connectivity index (χ2n) is 6.72. The zero-order valence-electron chi connectivity index (χ0n) is 14.9. The van der Waals surface area contributed by atoms with Crippen molar-refractivity contribution < 1.29 is 4.79 Å². The van der Waals surface area contributed by atoms with Gasteiger partial charge < -0.3 is 4.90 Å². The molecule has 0 aromatic heterocycles. The van der Waals surface area contributed by atoms with E-state index in [9.17, 15) is 10.1 Å². The van der Waals surface area contributed by atoms with Gasteiger partial charge in [-0.15, -0.1) is 0 Å². The van der Waals surface area contributed by atoms with E-state index in [1.165, 1.54) is 5.56 Å². The summed E-state index contributed by atoms with van der Waals surface area (Å²) < 4.78 is 0. The van der Waals surface area contributed by atoms with Gasteiger partial charge in [0, 0.05) is 23.0 Å². The molecule has 2 aromatic rings. The van der Waals surface area contributed by atoms with E-state index >= 15 is 0 Å². The maximum Gasteiger partial charge on any atom is 0.229 e. The van der Waals surface area contributed by atoms with Gasteiger partial charge in [-0.2, -0.15) is 5.26 Å². The molecule has 1 atom stereocenters. The van der Waals surface area contributed by atoms with Gasteiger partial charge in [-0.25, -0.2) is 0 Å². The average molecular weight is 396 g/mol. The third-order valence-electron chi connectivity index (χ3n) is 4.97. The van der Waals surface area contributed by atoms with Crippen molar-refractivity contribution in [2.45, 2.75) is 19.3 Å². The first-order chi connectivity index (χ1) is 13.1. The monoisotopic (exact) mass is 395 g/mol. The van der Waals surface area contributed by atoms with Gasteiger partial charge in [-0.3, -0.25) is 9.69 Å². The standard InChI is InChI=1S/C21H18ClN3OS/c1-14-6-8-15(9-7-14)24-12-25-20(26)10-17(16-4-2-3-5-19(16)22)18(11-23)21(25)27-13-24/h2-9,17H,10,12-13H2,1H3/t17-/m1/s1. The molecule has 0 spiro atoms. The molecule has 0 radical (unpaired) electrons. The lowest BCUT2D eigenvalue weighted by Gasteiger charge is -2.42. The minimum Gasteiger partial charge on any atom is -0.344 e. The maximum atomic E-state index is 12.9. The molecule has 1 saturated heterocycles. The van der Waals surface area contributed by atoms with Crippen molar-refractivity contribution in [3.05, 3.63) is 75.3 Å². The zero-order chi connectivity index (χ0) is 19.0. The maximum absolute atomic E-state index is 12.9. The van der Waals surface area contributed by atoms with Crippen LogP contribution in [-0.4, -0.2) is 23.4 Å². The summed E-state index contributed by atoms with van der Waals surface area (Å²) in [6, 6.07) is 18.1. The minimum atomic E-state index is -0.277. The van der Waals surface area contributed by atoms with Crippen LogP contribution in [0.5, 0.6) is 0 Å². The highest BCUT2D eigenvalue weighted by Crippen LogP contribution is 2.44. The smallest absolute Gasteiger partial charge is 0.229 e. The molecule has 6 heteroatoms. The molecule has 27 heavy (non-hydrogen) atoms. The first-order valence-corrected chi connectivity index (χ1v) is 10.1. The van der Waals surface area contributed by atoms with Crippen LogP contribution in [0.1, 0.15) is 23.5 Å². The number of anilines is 1. The number of rotatable bonds is 2. The van der Waals surface area contributed by atoms with Crippen LogP contribution >= 0.6 is 23.4 Å². The molecule has 0 N–H and O–H groups in total. The number of allylic oxidation sites excluding steroid dienone is 1. The molecule has 0 unspecified atom stereocenters. The molecule has 2 aliphatic heterocycles. The zero-order valence-corrected chi connectivity index (χ0v) is 16.4. The fourth-order valence-corrected chi connectivity index (χ4v) is 4.94. The van der Waals surface area contributed by atoms with Crippen molar-refractivity contribution in [2.24, 2.45) is 0 Å². The molecule has 0 saturated carbocycles. The topological polar surface area (TPSA) is 47.3 Å². The largest absolute Gasteiger partial charge is 0.344 e. The molecular weight excluding hydrogens is 378 g/mol. The van der Waals surface area contributed by atoms with E-state index in [1.54, 1.807) is 22.7 Å². The third kappa shape index (κ3) is 3.31. The number of hydrogen-bond donors (Lipinski definition) is 0. The Morgan fingerprint density at radius 2 is 1.93 bits per heavy atom. The summed E-state index contributed by atoms with van der Waals surface area (Å²) in [7, 11) is 0. The minimum absolute atomic E-state index is 0.0261. The van der Waals surface area contributed by atoms with Crippen LogP contribution in [0.3, 0.4) is 0 Å². The summed E-state index contributed by atoms with van der Waals surface area (Å²) in [5.41, 5.74) is 3.76. The summed E-state index contributed by atoms with van der Waals surface area (Å²) in [4.78, 5) is 16.8. The van der Waals surface area contributed by atoms with Gasteiger partial charge in [-0.1, -0.05) is 59.3 Å². The van der Waals surface area contributed by atoms with Crippen molar-refractivity contribution in [1.82, 2.24) is 4.90 Å². The second-order valence-corrected chi connectivity index (χ2v) is 8.06. The Balaban J connectivity index is 1.68. The number of hydrogen-bond acceptors (Lipinski definition) is 4. The lowest BCUT2D eigenvalue weighted by molar-refractivity contribution is -0.129. The molecule has 2 aliphatic rings. The number of benzene rings is 2. The molecule has 1 amide bonds. The first-order valence-electron chi connectivity index (χ1n) is 8.72. The molecule has 4 rings (SSSR count). The molecule has 2 heterocycles. The molecule has 4 nitrogen and oxygen atoms in total. The molecule has 2 aromatic carbocycles. The van der Waals surface area contributed by atoms with E-state index in [1.807, 2.05) is 18.2 Å². The van der Waals surface area contributed by atoms with Gasteiger partial charge in [0.1, 0.15) is 0 Å². The number of halogens is 1. The predicted octanol–water partition coefficient (Wildman–Crippen LogP) is 4.87. The van der Waals surface area contributed by atoms with Gasteiger partial charge in [0.15, 0.2) is 0 Å². The quantitative estimate of drug-likeness (QED) is 0.727. The summed E-state index contributed by atoms with van der Waals surface area (Å²) in [5, 5.41) is 11.2. The van der Waals surface area contributed by atoms with E-state index in [-0.39, 0.29) is 18.2 Å². The van der Waals surface area contributed by atoms with Gasteiger partial charge in [0.25, 0.3) is 0 Å². The SMILES string of the molecule is Cc1ccc(N2CSC3=C(C#N)[C@@H](c4ccccc4Cl)CC(=O)N3C2)cc1. The highest BCUT2D eigenvalue weighted by molar-refractivity contribution is 8.03. The number of thioether (sulfide) groups is 1. The molecule has 0 bridgehead atoms. The highest BCUT2D eigenvalue weighted by atomic mass is 35.5. The van der Waals surface area contributed by atoms with Gasteiger partial charge in [-0.05, 0) is 30.7 Å². The number of fused-ring (bicyclic) bond motifs is 1. The number of nitriles is 1. The van der Waals surface area contributed by atoms with Crippen molar-refractivity contribution in [1.29, 1.82) is 5.26 Å². The summed E-state index contributed by atoms with van der Waals surface area (Å²) >= 11 is 7.89. The predicted molar refractivity (Wildman–Crippen MR) is 109 cm³/mol. The Labute approximate surface area is 168 Å². The number of carbonyl (C=O) groups excluding carboxylic acids is 1.